The molecule has 1 heterocycles. The van der Waals surface area contributed by atoms with Crippen LogP contribution in [0.25, 0.3) is 0 Å². The van der Waals surface area contributed by atoms with Gasteiger partial charge in [-0.2, -0.15) is 0 Å². The van der Waals surface area contributed by atoms with Crippen LogP contribution in [0, 0.1) is 10.1 Å². The highest BCUT2D eigenvalue weighted by Gasteiger charge is 2.22. The van der Waals surface area contributed by atoms with Crippen LogP contribution in [0.5, 0.6) is 0 Å². The summed E-state index contributed by atoms with van der Waals surface area (Å²) in [4.78, 5) is 22.4. The Labute approximate surface area is 218 Å². The summed E-state index contributed by atoms with van der Waals surface area (Å²) in [6.45, 7) is 0.652. The van der Waals surface area contributed by atoms with Gasteiger partial charge in [0.25, 0.3) is 5.69 Å². The first-order valence-electron chi connectivity index (χ1n) is 12.3. The molecule has 2 atom stereocenters. The number of halogens is 1. The van der Waals surface area contributed by atoms with E-state index in [1.165, 1.54) is 62.8 Å². The van der Waals surface area contributed by atoms with Gasteiger partial charge >= 0.3 is 0 Å². The van der Waals surface area contributed by atoms with E-state index in [0.29, 0.717) is 12.0 Å². The fraction of sp³-hybridized carbons (Fsp3) is 0.538. The minimum absolute atomic E-state index is 0. The summed E-state index contributed by atoms with van der Waals surface area (Å²) in [6, 6.07) is 10.7. The summed E-state index contributed by atoms with van der Waals surface area (Å²) in [6.07, 6.45) is 13.6. The molecule has 3 N–H and O–H groups in total. The van der Waals surface area contributed by atoms with E-state index in [2.05, 4.69) is 34.4 Å². The Bertz CT molecular complexity index is 852. The van der Waals surface area contributed by atoms with Gasteiger partial charge in [0.1, 0.15) is 12.6 Å². The van der Waals surface area contributed by atoms with E-state index in [4.69, 9.17) is 0 Å². The lowest BCUT2D eigenvalue weighted by Crippen LogP contribution is -3.00. The van der Waals surface area contributed by atoms with Gasteiger partial charge in [0, 0.05) is 37.1 Å². The molecule has 0 aliphatic carbocycles. The second kappa shape index (κ2) is 18.0. The van der Waals surface area contributed by atoms with Crippen molar-refractivity contribution in [3.63, 3.8) is 0 Å². The summed E-state index contributed by atoms with van der Waals surface area (Å²) >= 11 is 0. The first kappa shape index (κ1) is 30.7. The second-order valence-corrected chi connectivity index (χ2v) is 8.70. The maximum absolute atomic E-state index is 12.2. The van der Waals surface area contributed by atoms with Gasteiger partial charge in [0.2, 0.25) is 5.91 Å². The van der Waals surface area contributed by atoms with Gasteiger partial charge in [-0.15, -0.1) is 0 Å². The van der Waals surface area contributed by atoms with Gasteiger partial charge in [-0.05, 0) is 30.5 Å². The quantitative estimate of drug-likeness (QED) is 0.117. The highest BCUT2D eigenvalue weighted by molar-refractivity contribution is 5.76. The smallest absolute Gasteiger partial charge is 0.269 e. The first-order valence-corrected chi connectivity index (χ1v) is 12.3. The number of aliphatic hydroxyl groups excluding tert-OH is 2. The molecule has 1 aromatic carbocycles. The number of nitrogens with one attached hydrogen (secondary N) is 1. The fourth-order valence-corrected chi connectivity index (χ4v) is 3.93. The zero-order chi connectivity index (χ0) is 24.6. The minimum atomic E-state index is -1.14. The van der Waals surface area contributed by atoms with E-state index in [1.54, 1.807) is 0 Å². The Morgan fingerprint density at radius 2 is 1.46 bits per heavy atom. The Hall–Kier alpha value is -2.36. The third-order valence-corrected chi connectivity index (χ3v) is 5.97. The van der Waals surface area contributed by atoms with Crippen LogP contribution in [-0.4, -0.2) is 33.7 Å². The predicted molar refractivity (Wildman–Crippen MR) is 130 cm³/mol. The van der Waals surface area contributed by atoms with Crippen LogP contribution in [-0.2, 0) is 11.3 Å². The molecule has 1 amide bonds. The molecule has 0 saturated heterocycles. The molecule has 0 radical (unpaired) electrons. The standard InChI is InChI=1S/C26H37N3O5.BrH/c30-21-24(26(32)22-14-16-23(17-15-22)29(33)34)27-25(31)13-9-6-4-2-1-3-5-7-10-18-28-19-11-8-12-20-28;/h8,11-12,14-17,19-20,24,26,30,32H,1-7,9-10,13,18,21H2;1H/t24-,26-;/m0./s1. The molecule has 194 valence electrons. The van der Waals surface area contributed by atoms with Crippen molar-refractivity contribution in [2.24, 2.45) is 0 Å². The molecule has 9 heteroatoms. The van der Waals surface area contributed by atoms with Gasteiger partial charge < -0.3 is 32.5 Å². The van der Waals surface area contributed by atoms with E-state index in [-0.39, 0.29) is 28.6 Å². The molecule has 8 nitrogen and oxygen atoms in total. The van der Waals surface area contributed by atoms with Crippen LogP contribution in [0.1, 0.15) is 75.9 Å². The number of nitro groups is 1. The van der Waals surface area contributed by atoms with Gasteiger partial charge in [-0.25, -0.2) is 4.57 Å². The van der Waals surface area contributed by atoms with Crippen molar-refractivity contribution in [2.75, 3.05) is 6.61 Å². The normalized spacial score (nSPS) is 12.4. The van der Waals surface area contributed by atoms with Crippen LogP contribution in [0.3, 0.4) is 0 Å². The van der Waals surface area contributed by atoms with Crippen LogP contribution in [0.2, 0.25) is 0 Å². The number of non-ortho nitro benzene ring substituents is 1. The van der Waals surface area contributed by atoms with Crippen LogP contribution >= 0.6 is 0 Å². The zero-order valence-electron chi connectivity index (χ0n) is 20.2. The molecule has 0 saturated carbocycles. The molecular weight excluding hydrogens is 514 g/mol. The van der Waals surface area contributed by atoms with Crippen LogP contribution < -0.4 is 26.9 Å². The Morgan fingerprint density at radius 1 is 0.914 bits per heavy atom. The Kier molecular flexibility index (Phi) is 15.8. The van der Waals surface area contributed by atoms with E-state index in [1.807, 2.05) is 6.07 Å². The molecule has 2 rings (SSSR count). The number of benzene rings is 1. The summed E-state index contributed by atoms with van der Waals surface area (Å²) in [7, 11) is 0. The number of amides is 1. The van der Waals surface area contributed by atoms with E-state index in [0.717, 1.165) is 25.8 Å². The van der Waals surface area contributed by atoms with Gasteiger partial charge in [0.15, 0.2) is 12.4 Å². The molecule has 0 aliphatic heterocycles. The highest BCUT2D eigenvalue weighted by Crippen LogP contribution is 2.20. The van der Waals surface area contributed by atoms with Crippen LogP contribution in [0.15, 0.2) is 54.9 Å². The van der Waals surface area contributed by atoms with E-state index < -0.39 is 23.7 Å². The third kappa shape index (κ3) is 12.2. The van der Waals surface area contributed by atoms with Crippen molar-refractivity contribution in [2.45, 2.75) is 82.9 Å². The fourth-order valence-electron chi connectivity index (χ4n) is 3.93. The molecular formula is C26H38BrN3O5. The molecule has 35 heavy (non-hydrogen) atoms. The Morgan fingerprint density at radius 3 is 2.00 bits per heavy atom. The van der Waals surface area contributed by atoms with Crippen molar-refractivity contribution in [3.8, 4) is 0 Å². The number of nitrogens with zero attached hydrogens (tertiary/aromatic N) is 2. The number of hydrogen-bond donors (Lipinski definition) is 3. The summed E-state index contributed by atoms with van der Waals surface area (Å²) < 4.78 is 2.22. The van der Waals surface area contributed by atoms with E-state index in [9.17, 15) is 25.1 Å². The highest BCUT2D eigenvalue weighted by atomic mass is 79.9. The summed E-state index contributed by atoms with van der Waals surface area (Å²) in [5.41, 5.74) is 0.325. The van der Waals surface area contributed by atoms with Crippen LogP contribution in [0.4, 0.5) is 5.69 Å². The second-order valence-electron chi connectivity index (χ2n) is 8.70. The third-order valence-electron chi connectivity index (χ3n) is 5.97. The number of pyridine rings is 1. The molecule has 0 bridgehead atoms. The molecule has 0 spiro atoms. The lowest BCUT2D eigenvalue weighted by atomic mass is 10.0. The number of aromatic nitrogens is 1. The molecule has 0 fully saturated rings. The molecule has 0 aliphatic rings. The topological polar surface area (TPSA) is 117 Å². The van der Waals surface area contributed by atoms with Crippen molar-refractivity contribution >= 4 is 11.6 Å². The molecule has 0 unspecified atom stereocenters. The number of hydrogen-bond acceptors (Lipinski definition) is 5. The van der Waals surface area contributed by atoms with Gasteiger partial charge in [-0.1, -0.05) is 44.6 Å². The van der Waals surface area contributed by atoms with E-state index >= 15 is 0 Å². The van der Waals surface area contributed by atoms with Crippen molar-refractivity contribution < 1.29 is 41.5 Å². The molecule has 2 aromatic rings. The van der Waals surface area contributed by atoms with Crippen molar-refractivity contribution in [1.29, 1.82) is 0 Å². The Balaban J connectivity index is 0.00000612. The summed E-state index contributed by atoms with van der Waals surface area (Å²) in [5, 5.41) is 33.4. The number of aryl methyl sites for hydroxylation is 1. The largest absolute Gasteiger partial charge is 1.00 e. The number of aliphatic hydroxyl groups is 2. The lowest BCUT2D eigenvalue weighted by Gasteiger charge is -2.22. The minimum Gasteiger partial charge on any atom is -1.00 e. The number of carbonyl (C=O) groups is 1. The number of carbonyl (C=O) groups excluding carboxylic acids is 1. The lowest BCUT2D eigenvalue weighted by molar-refractivity contribution is -0.697. The first-order chi connectivity index (χ1) is 16.5. The van der Waals surface area contributed by atoms with Gasteiger partial charge in [-0.3, -0.25) is 14.9 Å². The van der Waals surface area contributed by atoms with Crippen molar-refractivity contribution in [3.05, 3.63) is 70.5 Å². The molecule has 1 aromatic heterocycles. The van der Waals surface area contributed by atoms with Gasteiger partial charge in [0.05, 0.1) is 17.6 Å². The zero-order valence-corrected chi connectivity index (χ0v) is 21.8. The number of rotatable bonds is 17. The predicted octanol–water partition coefficient (Wildman–Crippen LogP) is 0.998. The SMILES string of the molecule is O=C(CCCCCCCCCCC[n+]1ccccc1)N[C@@H](CO)[C@@H](O)c1ccc([N+](=O)[O-])cc1.[Br-]. The average Bonchev–Trinajstić information content (AvgIpc) is 2.86. The van der Waals surface area contributed by atoms with Crippen molar-refractivity contribution in [1.82, 2.24) is 5.32 Å². The summed E-state index contributed by atoms with van der Waals surface area (Å²) in [5.74, 6) is -0.212. The monoisotopic (exact) mass is 551 g/mol. The number of unbranched alkanes of at least 4 members (excludes halogenated alkanes) is 8. The average molecular weight is 553 g/mol. The maximum atomic E-state index is 12.2. The maximum Gasteiger partial charge on any atom is 0.269 e. The number of nitro benzene ring substituents is 1.